The number of carbonyl (C=O) groups excluding carboxylic acids is 2. The predicted molar refractivity (Wildman–Crippen MR) is 52.0 cm³/mol. The smallest absolute Gasteiger partial charge is 0.325 e. The van der Waals surface area contributed by atoms with E-state index in [1.807, 2.05) is 0 Å². The number of rotatable bonds is 2. The van der Waals surface area contributed by atoms with Crippen molar-refractivity contribution in [3.05, 3.63) is 0 Å². The minimum atomic E-state index is -0.480. The highest BCUT2D eigenvalue weighted by atomic mass is 16.5. The van der Waals surface area contributed by atoms with Crippen LogP contribution in [0.4, 0.5) is 4.79 Å². The zero-order valence-corrected chi connectivity index (χ0v) is 8.90. The molecule has 1 saturated heterocycles. The largest absolute Gasteiger partial charge is 0.394 e. The fourth-order valence-electron chi connectivity index (χ4n) is 1.48. The third-order valence-corrected chi connectivity index (χ3v) is 2.32. The molecule has 0 aromatic carbocycles. The van der Waals surface area contributed by atoms with E-state index in [-0.39, 0.29) is 18.9 Å². The lowest BCUT2D eigenvalue weighted by Gasteiger charge is -2.24. The number of nitrogens with one attached hydrogen (secondary N) is 1. The Morgan fingerprint density at radius 2 is 2.20 bits per heavy atom. The summed E-state index contributed by atoms with van der Waals surface area (Å²) in [5.74, 6) is -0.399. The SMILES string of the molecule is CC(=O)NC(=O)N(C)C1CC[C@@H](CO)O1. The Labute approximate surface area is 88.2 Å². The van der Waals surface area contributed by atoms with E-state index in [2.05, 4.69) is 5.32 Å². The molecule has 1 aliphatic heterocycles. The number of imide groups is 1. The summed E-state index contributed by atoms with van der Waals surface area (Å²) in [4.78, 5) is 23.4. The van der Waals surface area contributed by atoms with Crippen molar-refractivity contribution >= 4 is 11.9 Å². The van der Waals surface area contributed by atoms with Gasteiger partial charge in [-0.1, -0.05) is 0 Å². The molecule has 15 heavy (non-hydrogen) atoms. The van der Waals surface area contributed by atoms with Crippen molar-refractivity contribution in [3.63, 3.8) is 0 Å². The molecule has 1 heterocycles. The van der Waals surface area contributed by atoms with Crippen LogP contribution < -0.4 is 5.32 Å². The van der Waals surface area contributed by atoms with Gasteiger partial charge in [-0.2, -0.15) is 0 Å². The van der Waals surface area contributed by atoms with Crippen LogP contribution in [0.1, 0.15) is 19.8 Å². The fourth-order valence-corrected chi connectivity index (χ4v) is 1.48. The van der Waals surface area contributed by atoms with Gasteiger partial charge < -0.3 is 14.7 Å². The first-order valence-corrected chi connectivity index (χ1v) is 4.85. The van der Waals surface area contributed by atoms with Crippen LogP contribution in [-0.4, -0.2) is 47.9 Å². The lowest BCUT2D eigenvalue weighted by Crippen LogP contribution is -2.45. The van der Waals surface area contributed by atoms with E-state index in [4.69, 9.17) is 9.84 Å². The molecule has 0 aromatic rings. The number of carbonyl (C=O) groups is 2. The molecule has 3 amide bonds. The second-order valence-corrected chi connectivity index (χ2v) is 3.57. The molecular formula is C9H16N2O4. The van der Waals surface area contributed by atoms with Gasteiger partial charge >= 0.3 is 6.03 Å². The lowest BCUT2D eigenvalue weighted by molar-refractivity contribution is -0.118. The van der Waals surface area contributed by atoms with E-state index in [0.717, 1.165) is 6.42 Å². The molecule has 1 aliphatic rings. The van der Waals surface area contributed by atoms with Crippen molar-refractivity contribution in [2.45, 2.75) is 32.1 Å². The van der Waals surface area contributed by atoms with Gasteiger partial charge in [0.25, 0.3) is 0 Å². The van der Waals surface area contributed by atoms with Gasteiger partial charge in [-0.15, -0.1) is 0 Å². The number of amides is 3. The molecule has 0 radical (unpaired) electrons. The van der Waals surface area contributed by atoms with Gasteiger partial charge in [-0.05, 0) is 12.8 Å². The quantitative estimate of drug-likeness (QED) is 0.662. The van der Waals surface area contributed by atoms with Gasteiger partial charge in [0.15, 0.2) is 0 Å². The highest BCUT2D eigenvalue weighted by Crippen LogP contribution is 2.21. The van der Waals surface area contributed by atoms with Crippen molar-refractivity contribution in [1.82, 2.24) is 10.2 Å². The monoisotopic (exact) mass is 216 g/mol. The van der Waals surface area contributed by atoms with Crippen molar-refractivity contribution < 1.29 is 19.4 Å². The Kier molecular flexibility index (Phi) is 4.05. The summed E-state index contributed by atoms with van der Waals surface area (Å²) in [5, 5.41) is 11.0. The number of aliphatic hydroxyl groups is 1. The number of hydrogen-bond donors (Lipinski definition) is 2. The van der Waals surface area contributed by atoms with Crippen molar-refractivity contribution in [3.8, 4) is 0 Å². The molecular weight excluding hydrogens is 200 g/mol. The maximum Gasteiger partial charge on any atom is 0.325 e. The molecule has 0 spiro atoms. The van der Waals surface area contributed by atoms with E-state index in [0.29, 0.717) is 6.42 Å². The lowest BCUT2D eigenvalue weighted by atomic mass is 10.2. The molecule has 2 atom stereocenters. The van der Waals surface area contributed by atoms with Crippen molar-refractivity contribution in [2.75, 3.05) is 13.7 Å². The summed E-state index contributed by atoms with van der Waals surface area (Å²) in [6.45, 7) is 1.23. The normalized spacial score (nSPS) is 25.0. The summed E-state index contributed by atoms with van der Waals surface area (Å²) in [6, 6.07) is -0.480. The maximum atomic E-state index is 11.4. The third kappa shape index (κ3) is 3.17. The van der Waals surface area contributed by atoms with Crippen LogP contribution in [-0.2, 0) is 9.53 Å². The first-order chi connectivity index (χ1) is 7.04. The van der Waals surface area contributed by atoms with Gasteiger partial charge in [0, 0.05) is 14.0 Å². The van der Waals surface area contributed by atoms with Crippen LogP contribution in [0.2, 0.25) is 0 Å². The molecule has 1 unspecified atom stereocenters. The molecule has 0 aromatic heterocycles. The van der Waals surface area contributed by atoms with Crippen molar-refractivity contribution in [2.24, 2.45) is 0 Å². The molecule has 2 N–H and O–H groups in total. The van der Waals surface area contributed by atoms with Crippen molar-refractivity contribution in [1.29, 1.82) is 0 Å². The van der Waals surface area contributed by atoms with Gasteiger partial charge in [0.05, 0.1) is 12.7 Å². The molecule has 6 heteroatoms. The Bertz CT molecular complexity index is 256. The van der Waals surface area contributed by atoms with E-state index >= 15 is 0 Å². The highest BCUT2D eigenvalue weighted by molar-refractivity contribution is 5.92. The zero-order valence-electron chi connectivity index (χ0n) is 8.90. The number of nitrogens with zero attached hydrogens (tertiary/aromatic N) is 1. The summed E-state index contributed by atoms with van der Waals surface area (Å²) in [7, 11) is 1.56. The Morgan fingerprint density at radius 1 is 1.53 bits per heavy atom. The number of urea groups is 1. The number of aliphatic hydroxyl groups excluding tert-OH is 1. The molecule has 86 valence electrons. The Hall–Kier alpha value is -1.14. The van der Waals surface area contributed by atoms with Crippen LogP contribution in [0.25, 0.3) is 0 Å². The van der Waals surface area contributed by atoms with Crippen LogP contribution >= 0.6 is 0 Å². The standard InChI is InChI=1S/C9H16N2O4/c1-6(13)10-9(14)11(2)8-4-3-7(5-12)15-8/h7-8,12H,3-5H2,1-2H3,(H,10,13,14)/t7-,8?/m0/s1. The first-order valence-electron chi connectivity index (χ1n) is 4.85. The minimum absolute atomic E-state index is 0.0430. The van der Waals surface area contributed by atoms with E-state index in [9.17, 15) is 9.59 Å². The third-order valence-electron chi connectivity index (χ3n) is 2.32. The van der Waals surface area contributed by atoms with E-state index < -0.39 is 11.9 Å². The second-order valence-electron chi connectivity index (χ2n) is 3.57. The molecule has 0 bridgehead atoms. The van der Waals surface area contributed by atoms with Gasteiger partial charge in [-0.3, -0.25) is 10.1 Å². The summed E-state index contributed by atoms with van der Waals surface area (Å²) in [6.07, 6.45) is 0.829. The van der Waals surface area contributed by atoms with Crippen LogP contribution in [0.5, 0.6) is 0 Å². The van der Waals surface area contributed by atoms with E-state index in [1.165, 1.54) is 11.8 Å². The Balaban J connectivity index is 2.43. The molecule has 0 saturated carbocycles. The molecule has 1 fully saturated rings. The molecule has 1 rings (SSSR count). The van der Waals surface area contributed by atoms with Crippen LogP contribution in [0.3, 0.4) is 0 Å². The van der Waals surface area contributed by atoms with Gasteiger partial charge in [0.1, 0.15) is 6.23 Å². The summed E-state index contributed by atoms with van der Waals surface area (Å²) in [5.41, 5.74) is 0. The minimum Gasteiger partial charge on any atom is -0.394 e. The van der Waals surface area contributed by atoms with Gasteiger partial charge in [0.2, 0.25) is 5.91 Å². The number of hydrogen-bond acceptors (Lipinski definition) is 4. The topological polar surface area (TPSA) is 78.9 Å². The van der Waals surface area contributed by atoms with Crippen LogP contribution in [0.15, 0.2) is 0 Å². The zero-order chi connectivity index (χ0) is 11.4. The fraction of sp³-hybridized carbons (Fsp3) is 0.778. The average Bonchev–Trinajstić information content (AvgIpc) is 2.63. The second kappa shape index (κ2) is 5.09. The van der Waals surface area contributed by atoms with Crippen LogP contribution in [0, 0.1) is 0 Å². The van der Waals surface area contributed by atoms with Gasteiger partial charge in [-0.25, -0.2) is 4.79 Å². The van der Waals surface area contributed by atoms with E-state index in [1.54, 1.807) is 7.05 Å². The maximum absolute atomic E-state index is 11.4. The summed E-state index contributed by atoms with van der Waals surface area (Å²) >= 11 is 0. The first kappa shape index (κ1) is 11.9. The number of ether oxygens (including phenoxy) is 1. The Morgan fingerprint density at radius 3 is 2.67 bits per heavy atom. The molecule has 0 aliphatic carbocycles. The molecule has 6 nitrogen and oxygen atoms in total. The summed E-state index contributed by atoms with van der Waals surface area (Å²) < 4.78 is 5.38. The highest BCUT2D eigenvalue weighted by Gasteiger charge is 2.30. The average molecular weight is 216 g/mol. The predicted octanol–water partition coefficient (Wildman–Crippen LogP) is -0.328.